The van der Waals surface area contributed by atoms with Crippen LogP contribution in [-0.2, 0) is 14.6 Å². The summed E-state index contributed by atoms with van der Waals surface area (Å²) in [5, 5.41) is 3.15. The first kappa shape index (κ1) is 21.8. The average molecular weight is 437 g/mol. The summed E-state index contributed by atoms with van der Waals surface area (Å²) in [6, 6.07) is 12.4. The molecule has 1 aliphatic rings. The van der Waals surface area contributed by atoms with E-state index in [9.17, 15) is 13.2 Å². The molecule has 6 nitrogen and oxygen atoms in total. The fraction of sp³-hybridized carbons (Fsp3) is 0.381. The first-order chi connectivity index (χ1) is 13.8. The number of ether oxygens (including phenoxy) is 1. The number of benzene rings is 2. The van der Waals surface area contributed by atoms with Gasteiger partial charge in [-0.15, -0.1) is 0 Å². The molecule has 1 N–H and O–H groups in total. The number of hydrogen-bond donors (Lipinski definition) is 1. The highest BCUT2D eigenvalue weighted by atomic mass is 35.5. The molecule has 1 amide bonds. The van der Waals surface area contributed by atoms with Gasteiger partial charge in [-0.25, -0.2) is 8.42 Å². The van der Waals surface area contributed by atoms with Gasteiger partial charge in [-0.05, 0) is 30.7 Å². The van der Waals surface area contributed by atoms with Crippen LogP contribution in [0.5, 0.6) is 0 Å². The molecule has 1 aliphatic heterocycles. The van der Waals surface area contributed by atoms with Gasteiger partial charge in [-0.1, -0.05) is 41.4 Å². The van der Waals surface area contributed by atoms with Crippen molar-refractivity contribution in [1.29, 1.82) is 0 Å². The van der Waals surface area contributed by atoms with Crippen LogP contribution in [-0.4, -0.2) is 58.3 Å². The summed E-state index contributed by atoms with van der Waals surface area (Å²) in [6.07, 6.45) is 1.10. The minimum atomic E-state index is -3.43. The van der Waals surface area contributed by atoms with Crippen molar-refractivity contribution in [1.82, 2.24) is 10.2 Å². The summed E-state index contributed by atoms with van der Waals surface area (Å²) in [5.41, 5.74) is 2.42. The summed E-state index contributed by atoms with van der Waals surface area (Å²) in [6.45, 7) is 5.27. The SMILES string of the molecule is Cc1cccc(C(CNC(=O)c2cc(S(C)(=O)=O)ccc2Cl)N2CCOCC2)c1. The summed E-state index contributed by atoms with van der Waals surface area (Å²) < 4.78 is 29.1. The standard InChI is InChI=1S/C21H25ClN2O4S/c1-15-4-3-5-16(12-15)20(24-8-10-28-11-9-24)14-23-21(25)18-13-17(29(2,26)27)6-7-19(18)22/h3-7,12-13,20H,8-11,14H2,1-2H3,(H,23,25). The fourth-order valence-electron chi connectivity index (χ4n) is 3.42. The lowest BCUT2D eigenvalue weighted by Crippen LogP contribution is -2.43. The molecule has 29 heavy (non-hydrogen) atoms. The molecule has 0 aromatic heterocycles. The number of halogens is 1. The normalized spacial score (nSPS) is 16.4. The van der Waals surface area contributed by atoms with Crippen LogP contribution in [0, 0.1) is 6.92 Å². The lowest BCUT2D eigenvalue weighted by molar-refractivity contribution is 0.0162. The van der Waals surface area contributed by atoms with E-state index in [1.807, 2.05) is 19.1 Å². The van der Waals surface area contributed by atoms with Crippen LogP contribution in [0.4, 0.5) is 0 Å². The van der Waals surface area contributed by atoms with E-state index in [-0.39, 0.29) is 21.5 Å². The predicted octanol–water partition coefficient (Wildman–Crippen LogP) is 2.86. The highest BCUT2D eigenvalue weighted by Gasteiger charge is 2.24. The minimum absolute atomic E-state index is 0.0142. The molecule has 1 fully saturated rings. The molecule has 2 aromatic carbocycles. The van der Waals surface area contributed by atoms with Crippen LogP contribution < -0.4 is 5.32 Å². The van der Waals surface area contributed by atoms with Gasteiger partial charge < -0.3 is 10.1 Å². The lowest BCUT2D eigenvalue weighted by atomic mass is 10.0. The molecular formula is C21H25ClN2O4S. The van der Waals surface area contributed by atoms with Gasteiger partial charge in [0.15, 0.2) is 9.84 Å². The topological polar surface area (TPSA) is 75.7 Å². The van der Waals surface area contributed by atoms with E-state index in [1.165, 1.54) is 18.2 Å². The van der Waals surface area contributed by atoms with Crippen molar-refractivity contribution in [2.45, 2.75) is 17.9 Å². The molecule has 0 saturated carbocycles. The molecule has 1 unspecified atom stereocenters. The van der Waals surface area contributed by atoms with E-state index in [1.54, 1.807) is 0 Å². The van der Waals surface area contributed by atoms with Gasteiger partial charge in [0.2, 0.25) is 0 Å². The van der Waals surface area contributed by atoms with Crippen molar-refractivity contribution in [2.75, 3.05) is 39.1 Å². The molecule has 1 saturated heterocycles. The van der Waals surface area contributed by atoms with Gasteiger partial charge in [-0.3, -0.25) is 9.69 Å². The van der Waals surface area contributed by atoms with E-state index in [0.29, 0.717) is 19.8 Å². The van der Waals surface area contributed by atoms with Crippen LogP contribution in [0.2, 0.25) is 5.02 Å². The number of sulfone groups is 1. The van der Waals surface area contributed by atoms with Gasteiger partial charge in [0.25, 0.3) is 5.91 Å². The summed E-state index contributed by atoms with van der Waals surface area (Å²) in [4.78, 5) is 15.1. The fourth-order valence-corrected chi connectivity index (χ4v) is 4.27. The second-order valence-corrected chi connectivity index (χ2v) is 9.63. The first-order valence-electron chi connectivity index (χ1n) is 9.42. The largest absolute Gasteiger partial charge is 0.379 e. The number of amides is 1. The Hall–Kier alpha value is -1.93. The maximum absolute atomic E-state index is 12.8. The Morgan fingerprint density at radius 2 is 1.93 bits per heavy atom. The Morgan fingerprint density at radius 3 is 2.59 bits per heavy atom. The average Bonchev–Trinajstić information content (AvgIpc) is 2.68. The molecule has 1 heterocycles. The number of nitrogens with one attached hydrogen (secondary N) is 1. The van der Waals surface area contributed by atoms with Gasteiger partial charge >= 0.3 is 0 Å². The monoisotopic (exact) mass is 436 g/mol. The van der Waals surface area contributed by atoms with Gasteiger partial charge in [0, 0.05) is 25.9 Å². The Labute approximate surface area is 176 Å². The van der Waals surface area contributed by atoms with Gasteiger partial charge in [0.1, 0.15) is 0 Å². The maximum Gasteiger partial charge on any atom is 0.252 e. The second kappa shape index (κ2) is 9.26. The van der Waals surface area contributed by atoms with E-state index < -0.39 is 15.7 Å². The van der Waals surface area contributed by atoms with Crippen molar-refractivity contribution < 1.29 is 17.9 Å². The number of aryl methyl sites for hydroxylation is 1. The zero-order valence-corrected chi connectivity index (χ0v) is 18.1. The molecule has 1 atom stereocenters. The molecule has 0 bridgehead atoms. The summed E-state index contributed by atoms with van der Waals surface area (Å²) >= 11 is 6.16. The van der Waals surface area contributed by atoms with Crippen molar-refractivity contribution >= 4 is 27.3 Å². The van der Waals surface area contributed by atoms with E-state index in [0.717, 1.165) is 30.5 Å². The zero-order valence-electron chi connectivity index (χ0n) is 16.5. The Bertz CT molecular complexity index is 988. The Morgan fingerprint density at radius 1 is 1.21 bits per heavy atom. The molecule has 8 heteroatoms. The predicted molar refractivity (Wildman–Crippen MR) is 113 cm³/mol. The van der Waals surface area contributed by atoms with Crippen molar-refractivity contribution in [2.24, 2.45) is 0 Å². The number of carbonyl (C=O) groups excluding carboxylic acids is 1. The third kappa shape index (κ3) is 5.57. The third-order valence-electron chi connectivity index (χ3n) is 4.98. The maximum atomic E-state index is 12.8. The van der Waals surface area contributed by atoms with Crippen LogP contribution in [0.15, 0.2) is 47.4 Å². The smallest absolute Gasteiger partial charge is 0.252 e. The first-order valence-corrected chi connectivity index (χ1v) is 11.7. The van der Waals surface area contributed by atoms with Crippen LogP contribution in [0.25, 0.3) is 0 Å². The summed E-state index contributed by atoms with van der Waals surface area (Å²) in [7, 11) is -3.43. The molecule has 0 spiro atoms. The molecule has 0 radical (unpaired) electrons. The molecule has 3 rings (SSSR count). The van der Waals surface area contributed by atoms with E-state index in [4.69, 9.17) is 16.3 Å². The van der Waals surface area contributed by atoms with Gasteiger partial charge in [0.05, 0.1) is 34.7 Å². The Balaban J connectivity index is 1.81. The quantitative estimate of drug-likeness (QED) is 0.753. The highest BCUT2D eigenvalue weighted by Crippen LogP contribution is 2.24. The zero-order chi connectivity index (χ0) is 21.0. The van der Waals surface area contributed by atoms with Crippen molar-refractivity contribution in [3.63, 3.8) is 0 Å². The molecule has 156 valence electrons. The number of hydrogen-bond acceptors (Lipinski definition) is 5. The molecule has 0 aliphatic carbocycles. The molecular weight excluding hydrogens is 412 g/mol. The van der Waals surface area contributed by atoms with Crippen LogP contribution in [0.1, 0.15) is 27.5 Å². The van der Waals surface area contributed by atoms with E-state index >= 15 is 0 Å². The number of nitrogens with zero attached hydrogens (tertiary/aromatic N) is 1. The number of rotatable bonds is 6. The minimum Gasteiger partial charge on any atom is -0.379 e. The number of morpholine rings is 1. The van der Waals surface area contributed by atoms with Crippen LogP contribution in [0.3, 0.4) is 0 Å². The van der Waals surface area contributed by atoms with Gasteiger partial charge in [-0.2, -0.15) is 0 Å². The lowest BCUT2D eigenvalue weighted by Gasteiger charge is -2.35. The summed E-state index contributed by atoms with van der Waals surface area (Å²) in [5.74, 6) is -0.397. The van der Waals surface area contributed by atoms with Crippen molar-refractivity contribution in [3.05, 3.63) is 64.2 Å². The highest BCUT2D eigenvalue weighted by molar-refractivity contribution is 7.90. The number of carbonyl (C=O) groups is 1. The third-order valence-corrected chi connectivity index (χ3v) is 6.42. The van der Waals surface area contributed by atoms with Crippen LogP contribution >= 0.6 is 11.6 Å². The van der Waals surface area contributed by atoms with E-state index in [2.05, 4.69) is 22.3 Å². The Kier molecular flexibility index (Phi) is 6.95. The molecule has 2 aromatic rings. The van der Waals surface area contributed by atoms with Crippen molar-refractivity contribution in [3.8, 4) is 0 Å². The second-order valence-electron chi connectivity index (χ2n) is 7.20.